The number of carbonyl (C=O) groups is 1. The fourth-order valence-corrected chi connectivity index (χ4v) is 10.3. The molecule has 11 rings (SSSR count). The van der Waals surface area contributed by atoms with Crippen LogP contribution in [0.5, 0.6) is 0 Å². The summed E-state index contributed by atoms with van der Waals surface area (Å²) in [6.45, 7) is 9.50. The van der Waals surface area contributed by atoms with Gasteiger partial charge in [-0.15, -0.1) is 0 Å². The van der Waals surface area contributed by atoms with Crippen molar-refractivity contribution >= 4 is 156 Å². The highest BCUT2D eigenvalue weighted by molar-refractivity contribution is 6.56. The van der Waals surface area contributed by atoms with Gasteiger partial charge in [0.25, 0.3) is 5.56 Å². The Balaban J connectivity index is 0.00000201. The monoisotopic (exact) mass is 833 g/mol. The van der Waals surface area contributed by atoms with E-state index >= 15 is 0 Å². The highest BCUT2D eigenvalue weighted by Gasteiger charge is 2.29. The Morgan fingerprint density at radius 1 is 0.586 bits per heavy atom. The number of imidazole rings is 1. The summed E-state index contributed by atoms with van der Waals surface area (Å²) in [5, 5.41) is 11.7. The molecular formula is C49H31Cl4N3O2. The van der Waals surface area contributed by atoms with E-state index in [-0.39, 0.29) is 11.3 Å². The molecule has 282 valence electrons. The number of Topliss-reactive ketones (excluding diaryl/α,β-unsaturated/α-hetero) is 1. The Kier molecular flexibility index (Phi) is 8.39. The van der Waals surface area contributed by atoms with Crippen LogP contribution in [-0.4, -0.2) is 20.9 Å². The molecule has 0 N–H and O–H groups in total. The van der Waals surface area contributed by atoms with Crippen LogP contribution in [0.25, 0.3) is 92.1 Å². The Morgan fingerprint density at radius 2 is 1.12 bits per heavy atom. The molecule has 9 aromatic carbocycles. The van der Waals surface area contributed by atoms with Crippen molar-refractivity contribution in [3.8, 4) is 0 Å². The normalized spacial score (nSPS) is 12.5. The largest absolute Gasteiger partial charge is 0.294 e. The maximum atomic E-state index is 14.8. The first-order chi connectivity index (χ1) is 28.0. The van der Waals surface area contributed by atoms with Gasteiger partial charge in [-0.25, -0.2) is 4.98 Å². The average molecular weight is 836 g/mol. The molecule has 0 saturated carbocycles. The summed E-state index contributed by atoms with van der Waals surface area (Å²) >= 11 is 29.4. The third kappa shape index (κ3) is 4.91. The second-order valence-corrected chi connectivity index (χ2v) is 16.2. The molecule has 0 spiro atoms. The minimum absolute atomic E-state index is 0.173. The smallest absolute Gasteiger partial charge is 0.264 e. The summed E-state index contributed by atoms with van der Waals surface area (Å²) in [4.78, 5) is 38.5. The van der Waals surface area contributed by atoms with Gasteiger partial charge in [-0.3, -0.25) is 19.0 Å². The third-order valence-corrected chi connectivity index (χ3v) is 12.8. The van der Waals surface area contributed by atoms with E-state index in [1.807, 2.05) is 87.5 Å². The first-order valence-corrected chi connectivity index (χ1v) is 20.5. The van der Waals surface area contributed by atoms with Crippen molar-refractivity contribution < 1.29 is 4.79 Å². The van der Waals surface area contributed by atoms with Gasteiger partial charge in [0.15, 0.2) is 5.78 Å². The van der Waals surface area contributed by atoms with E-state index in [9.17, 15) is 9.59 Å². The van der Waals surface area contributed by atoms with Crippen LogP contribution in [0, 0.1) is 6.92 Å². The van der Waals surface area contributed by atoms with E-state index in [1.54, 1.807) is 16.5 Å². The van der Waals surface area contributed by atoms with Crippen molar-refractivity contribution in [3.05, 3.63) is 144 Å². The number of ketones is 1. The minimum atomic E-state index is -0.251. The number of pyridine rings is 1. The number of halogens is 4. The number of fused-ring (bicyclic) bond motifs is 9. The molecule has 9 heteroatoms. The molecule has 0 unspecified atom stereocenters. The predicted molar refractivity (Wildman–Crippen MR) is 248 cm³/mol. The summed E-state index contributed by atoms with van der Waals surface area (Å²) in [7, 11) is 0. The zero-order valence-corrected chi connectivity index (χ0v) is 34.9. The quantitative estimate of drug-likeness (QED) is 0.0771. The molecule has 58 heavy (non-hydrogen) atoms. The fourth-order valence-electron chi connectivity index (χ4n) is 9.14. The van der Waals surface area contributed by atoms with Crippen LogP contribution in [0.2, 0.25) is 20.1 Å². The highest BCUT2D eigenvalue weighted by atomic mass is 35.5. The molecule has 2 aromatic heterocycles. The van der Waals surface area contributed by atoms with Gasteiger partial charge in [0.2, 0.25) is 0 Å². The van der Waals surface area contributed by atoms with Crippen LogP contribution in [0.4, 0.5) is 5.69 Å². The maximum absolute atomic E-state index is 14.8. The molecule has 0 aliphatic heterocycles. The molecular weight excluding hydrogens is 804 g/mol. The summed E-state index contributed by atoms with van der Waals surface area (Å²) < 4.78 is 1.67. The Morgan fingerprint density at radius 3 is 1.78 bits per heavy atom. The molecule has 0 bridgehead atoms. The number of carbonyl (C=O) groups excluding carboxylic acids is 1. The second kappa shape index (κ2) is 13.2. The van der Waals surface area contributed by atoms with E-state index in [1.165, 1.54) is 6.92 Å². The van der Waals surface area contributed by atoms with Crippen molar-refractivity contribution in [1.82, 2.24) is 9.38 Å². The van der Waals surface area contributed by atoms with Crippen molar-refractivity contribution in [3.63, 3.8) is 0 Å². The topological polar surface area (TPSA) is 63.8 Å². The van der Waals surface area contributed by atoms with Gasteiger partial charge < -0.3 is 0 Å². The third-order valence-electron chi connectivity index (χ3n) is 11.6. The molecule has 11 aromatic rings. The Bertz CT molecular complexity index is 3700. The van der Waals surface area contributed by atoms with Crippen LogP contribution >= 0.6 is 46.4 Å². The average Bonchev–Trinajstić information content (AvgIpc) is 3.63. The first kappa shape index (κ1) is 36.8. The number of benzene rings is 9. The van der Waals surface area contributed by atoms with Crippen LogP contribution in [0.15, 0.2) is 107 Å². The lowest BCUT2D eigenvalue weighted by Gasteiger charge is -2.23. The number of aryl methyl sites for hydroxylation is 1. The van der Waals surface area contributed by atoms with E-state index in [0.717, 1.165) is 38.3 Å². The van der Waals surface area contributed by atoms with Gasteiger partial charge in [-0.05, 0) is 78.9 Å². The van der Waals surface area contributed by atoms with Crippen LogP contribution in [-0.2, 0) is 0 Å². The summed E-state index contributed by atoms with van der Waals surface area (Å²) in [6.07, 6.45) is 0. The van der Waals surface area contributed by atoms with E-state index in [2.05, 4.69) is 25.1 Å². The molecule has 0 fully saturated rings. The summed E-state index contributed by atoms with van der Waals surface area (Å²) in [5.41, 5.74) is 5.25. The van der Waals surface area contributed by atoms with Crippen LogP contribution in [0.1, 0.15) is 49.2 Å². The van der Waals surface area contributed by atoms with Gasteiger partial charge in [-0.2, -0.15) is 0 Å². The van der Waals surface area contributed by atoms with Crippen molar-refractivity contribution in [2.75, 3.05) is 0 Å². The number of rotatable bonds is 3. The van der Waals surface area contributed by atoms with Gasteiger partial charge in [0, 0.05) is 90.8 Å². The second-order valence-electron chi connectivity index (χ2n) is 14.5. The van der Waals surface area contributed by atoms with E-state index in [0.29, 0.717) is 102 Å². The van der Waals surface area contributed by atoms with Crippen molar-refractivity contribution in [2.24, 2.45) is 4.99 Å². The number of aliphatic imine (C=N–C) groups is 1. The van der Waals surface area contributed by atoms with Crippen molar-refractivity contribution in [2.45, 2.75) is 34.6 Å². The lowest BCUT2D eigenvalue weighted by molar-refractivity contribution is 0.101. The lowest BCUT2D eigenvalue weighted by atomic mass is 9.84. The number of hydrogen-bond donors (Lipinski definition) is 0. The van der Waals surface area contributed by atoms with Gasteiger partial charge >= 0.3 is 0 Å². The minimum Gasteiger partial charge on any atom is -0.294 e. The van der Waals surface area contributed by atoms with Crippen LogP contribution in [0.3, 0.4) is 0 Å². The predicted octanol–water partition coefficient (Wildman–Crippen LogP) is 15.1. The lowest BCUT2D eigenvalue weighted by Crippen LogP contribution is -2.14. The standard InChI is InChI=1S/C47H25Cl4N3O2.C2H6/c1-20-25-10-6-4-8-23(25)12-14-35(20)52-21(2)27-16-31(48)39-42-34(51)19-30-38-29(46-53-36-15-13-24-9-5-7-11-26(24)45(36)54(46)47(30)56)18-33(50)41(44(38)42)40-32(49)17-28(22(3)55)37(27)43(39)40;1-2/h4-19H,1-3H3;1-2H3. The fraction of sp³-hybridized carbons (Fsp3) is 0.102. The van der Waals surface area contributed by atoms with Gasteiger partial charge in [-0.1, -0.05) is 121 Å². The highest BCUT2D eigenvalue weighted by Crippen LogP contribution is 2.53. The van der Waals surface area contributed by atoms with Crippen LogP contribution < -0.4 is 5.56 Å². The molecule has 0 radical (unpaired) electrons. The summed E-state index contributed by atoms with van der Waals surface area (Å²) in [5.74, 6) is -0.173. The first-order valence-electron chi connectivity index (χ1n) is 19.0. The molecule has 2 heterocycles. The van der Waals surface area contributed by atoms with Gasteiger partial charge in [0.05, 0.1) is 22.1 Å². The molecule has 0 aliphatic rings. The molecule has 0 amide bonds. The van der Waals surface area contributed by atoms with E-state index in [4.69, 9.17) is 56.4 Å². The SMILES string of the molecule is CC.CC(=O)c1cc(Cl)c2c3c(Cl)cc4c5c(cc(Cl)c(c6c(Cl)cc(C(C)=Nc7ccc8ccccc8c7C)c1c62)c35)c(=O)n1c4nc2ccc3ccccc3c21. The molecule has 5 nitrogen and oxygen atoms in total. The zero-order valence-electron chi connectivity index (χ0n) is 31.9. The van der Waals surface area contributed by atoms with E-state index < -0.39 is 0 Å². The van der Waals surface area contributed by atoms with Crippen molar-refractivity contribution in [1.29, 1.82) is 0 Å². The number of nitrogens with zero attached hydrogens (tertiary/aromatic N) is 3. The Labute approximate surface area is 351 Å². The molecule has 0 atom stereocenters. The maximum Gasteiger partial charge on any atom is 0.264 e. The zero-order chi connectivity index (χ0) is 40.5. The number of hydrogen-bond acceptors (Lipinski definition) is 4. The Hall–Kier alpha value is -5.56. The van der Waals surface area contributed by atoms with Gasteiger partial charge in [0.1, 0.15) is 5.65 Å². The number of aromatic nitrogens is 2. The molecule has 0 saturated heterocycles. The summed E-state index contributed by atoms with van der Waals surface area (Å²) in [6, 6.07) is 31.3. The molecule has 0 aliphatic carbocycles.